The number of amides is 1. The first-order chi connectivity index (χ1) is 8.63. The predicted molar refractivity (Wildman–Crippen MR) is 75.4 cm³/mol. The first kappa shape index (κ1) is 15.1. The van der Waals surface area contributed by atoms with Crippen molar-refractivity contribution in [2.24, 2.45) is 0 Å². The molecule has 0 aliphatic heterocycles. The molecule has 0 spiro atoms. The van der Waals surface area contributed by atoms with Crippen molar-refractivity contribution in [1.82, 2.24) is 10.2 Å². The van der Waals surface area contributed by atoms with E-state index in [0.29, 0.717) is 19.7 Å². The lowest BCUT2D eigenvalue weighted by atomic mass is 10.2. The van der Waals surface area contributed by atoms with Crippen LogP contribution in [-0.2, 0) is 16.1 Å². The molecule has 0 aliphatic carbocycles. The first-order valence-corrected chi connectivity index (χ1v) is 6.60. The Kier molecular flexibility index (Phi) is 6.93. The fourth-order valence-corrected chi connectivity index (χ4v) is 1.98. The Bertz CT molecular complexity index is 385. The number of rotatable bonds is 7. The average molecular weight is 315 g/mol. The summed E-state index contributed by atoms with van der Waals surface area (Å²) in [6.45, 7) is 2.21. The van der Waals surface area contributed by atoms with Crippen molar-refractivity contribution in [3.8, 4) is 0 Å². The number of ether oxygens (including phenoxy) is 1. The SMILES string of the molecule is COCCNC(=O)CN(C)Cc1ccccc1Br. The number of carbonyl (C=O) groups excluding carboxylic acids is 1. The second-order valence-electron chi connectivity index (χ2n) is 4.11. The van der Waals surface area contributed by atoms with Gasteiger partial charge in [0.2, 0.25) is 5.91 Å². The van der Waals surface area contributed by atoms with Crippen molar-refractivity contribution in [3.63, 3.8) is 0 Å². The van der Waals surface area contributed by atoms with Gasteiger partial charge in [-0.05, 0) is 18.7 Å². The Morgan fingerprint density at radius 3 is 2.83 bits per heavy atom. The molecule has 1 aromatic carbocycles. The van der Waals surface area contributed by atoms with Crippen LogP contribution in [-0.4, -0.2) is 44.7 Å². The number of halogens is 1. The predicted octanol–water partition coefficient (Wildman–Crippen LogP) is 1.64. The number of nitrogens with zero attached hydrogens (tertiary/aromatic N) is 1. The fourth-order valence-electron chi connectivity index (χ4n) is 1.57. The summed E-state index contributed by atoms with van der Waals surface area (Å²) in [5.41, 5.74) is 1.17. The summed E-state index contributed by atoms with van der Waals surface area (Å²) in [5, 5.41) is 2.80. The minimum Gasteiger partial charge on any atom is -0.383 e. The number of nitrogens with one attached hydrogen (secondary N) is 1. The Morgan fingerprint density at radius 1 is 1.44 bits per heavy atom. The van der Waals surface area contributed by atoms with Crippen LogP contribution in [0.4, 0.5) is 0 Å². The monoisotopic (exact) mass is 314 g/mol. The van der Waals surface area contributed by atoms with Gasteiger partial charge in [-0.3, -0.25) is 9.69 Å². The Hall–Kier alpha value is -0.910. The van der Waals surface area contributed by atoms with Gasteiger partial charge in [-0.2, -0.15) is 0 Å². The van der Waals surface area contributed by atoms with Crippen LogP contribution in [0.5, 0.6) is 0 Å². The van der Waals surface area contributed by atoms with Gasteiger partial charge in [0, 0.05) is 24.7 Å². The maximum absolute atomic E-state index is 11.6. The molecule has 5 heteroatoms. The van der Waals surface area contributed by atoms with Crippen molar-refractivity contribution in [3.05, 3.63) is 34.3 Å². The molecule has 4 nitrogen and oxygen atoms in total. The smallest absolute Gasteiger partial charge is 0.234 e. The number of methoxy groups -OCH3 is 1. The third kappa shape index (κ3) is 5.62. The lowest BCUT2D eigenvalue weighted by Gasteiger charge is -2.17. The summed E-state index contributed by atoms with van der Waals surface area (Å²) in [6.07, 6.45) is 0. The van der Waals surface area contributed by atoms with Crippen molar-refractivity contribution < 1.29 is 9.53 Å². The van der Waals surface area contributed by atoms with Crippen LogP contribution >= 0.6 is 15.9 Å². The summed E-state index contributed by atoms with van der Waals surface area (Å²) >= 11 is 3.50. The van der Waals surface area contributed by atoms with E-state index >= 15 is 0 Å². The molecule has 1 aromatic rings. The summed E-state index contributed by atoms with van der Waals surface area (Å²) in [5.74, 6) is 0.0154. The number of carbonyl (C=O) groups is 1. The van der Waals surface area contributed by atoms with Gasteiger partial charge in [-0.25, -0.2) is 0 Å². The molecule has 0 aromatic heterocycles. The van der Waals surface area contributed by atoms with Gasteiger partial charge in [0.05, 0.1) is 13.2 Å². The van der Waals surface area contributed by atoms with Crippen molar-refractivity contribution in [2.75, 3.05) is 33.9 Å². The highest BCUT2D eigenvalue weighted by atomic mass is 79.9. The molecule has 0 saturated heterocycles. The normalized spacial score (nSPS) is 10.7. The molecule has 0 saturated carbocycles. The lowest BCUT2D eigenvalue weighted by molar-refractivity contribution is -0.122. The molecule has 0 bridgehead atoms. The van der Waals surface area contributed by atoms with E-state index < -0.39 is 0 Å². The molecule has 18 heavy (non-hydrogen) atoms. The summed E-state index contributed by atoms with van der Waals surface area (Å²) in [4.78, 5) is 13.6. The number of likely N-dealkylation sites (N-methyl/N-ethyl adjacent to an activating group) is 1. The molecule has 0 unspecified atom stereocenters. The van der Waals surface area contributed by atoms with Crippen LogP contribution in [0.3, 0.4) is 0 Å². The third-order valence-corrected chi connectivity index (χ3v) is 3.21. The van der Waals surface area contributed by atoms with Crippen molar-refractivity contribution >= 4 is 21.8 Å². The van der Waals surface area contributed by atoms with Crippen LogP contribution in [0.15, 0.2) is 28.7 Å². The fraction of sp³-hybridized carbons (Fsp3) is 0.462. The highest BCUT2D eigenvalue weighted by Crippen LogP contribution is 2.16. The topological polar surface area (TPSA) is 41.6 Å². The first-order valence-electron chi connectivity index (χ1n) is 5.81. The third-order valence-electron chi connectivity index (χ3n) is 2.44. The van der Waals surface area contributed by atoms with Crippen LogP contribution < -0.4 is 5.32 Å². The van der Waals surface area contributed by atoms with Crippen LogP contribution in [0.25, 0.3) is 0 Å². The van der Waals surface area contributed by atoms with E-state index in [1.54, 1.807) is 7.11 Å². The molecule has 1 rings (SSSR count). The Labute approximate surface area is 116 Å². The Morgan fingerprint density at radius 2 is 2.17 bits per heavy atom. The standard InChI is InChI=1S/C13H19BrN2O2/c1-16(10-13(17)15-7-8-18-2)9-11-5-3-4-6-12(11)14/h3-6H,7-10H2,1-2H3,(H,15,17). The van der Waals surface area contributed by atoms with E-state index in [0.717, 1.165) is 11.0 Å². The molecule has 1 N–H and O–H groups in total. The zero-order chi connectivity index (χ0) is 13.4. The maximum Gasteiger partial charge on any atom is 0.234 e. The number of benzene rings is 1. The van der Waals surface area contributed by atoms with E-state index in [9.17, 15) is 4.79 Å². The molecular weight excluding hydrogens is 296 g/mol. The van der Waals surface area contributed by atoms with Gasteiger partial charge < -0.3 is 10.1 Å². The van der Waals surface area contributed by atoms with Crippen LogP contribution in [0, 0.1) is 0 Å². The second-order valence-corrected chi connectivity index (χ2v) is 4.96. The van der Waals surface area contributed by atoms with E-state index in [2.05, 4.69) is 21.2 Å². The molecule has 100 valence electrons. The molecular formula is C13H19BrN2O2. The maximum atomic E-state index is 11.6. The zero-order valence-electron chi connectivity index (χ0n) is 10.8. The van der Waals surface area contributed by atoms with Crippen molar-refractivity contribution in [2.45, 2.75) is 6.54 Å². The molecule has 0 aliphatic rings. The molecule has 0 fully saturated rings. The average Bonchev–Trinajstić information content (AvgIpc) is 2.32. The molecule has 1 amide bonds. The second kappa shape index (κ2) is 8.24. The lowest BCUT2D eigenvalue weighted by Crippen LogP contribution is -2.36. The summed E-state index contributed by atoms with van der Waals surface area (Å²) in [6, 6.07) is 8.02. The van der Waals surface area contributed by atoms with Gasteiger partial charge in [-0.15, -0.1) is 0 Å². The molecule has 0 heterocycles. The van der Waals surface area contributed by atoms with Crippen LogP contribution in [0.1, 0.15) is 5.56 Å². The number of hydrogen-bond donors (Lipinski definition) is 1. The number of hydrogen-bond acceptors (Lipinski definition) is 3. The van der Waals surface area contributed by atoms with Gasteiger partial charge in [0.25, 0.3) is 0 Å². The minimum atomic E-state index is 0.0154. The van der Waals surface area contributed by atoms with E-state index in [4.69, 9.17) is 4.74 Å². The van der Waals surface area contributed by atoms with E-state index in [1.807, 2.05) is 36.2 Å². The van der Waals surface area contributed by atoms with E-state index in [-0.39, 0.29) is 5.91 Å². The van der Waals surface area contributed by atoms with Gasteiger partial charge in [-0.1, -0.05) is 34.1 Å². The van der Waals surface area contributed by atoms with Crippen molar-refractivity contribution in [1.29, 1.82) is 0 Å². The zero-order valence-corrected chi connectivity index (χ0v) is 12.4. The van der Waals surface area contributed by atoms with E-state index in [1.165, 1.54) is 5.56 Å². The highest BCUT2D eigenvalue weighted by molar-refractivity contribution is 9.10. The molecule has 0 atom stereocenters. The van der Waals surface area contributed by atoms with Gasteiger partial charge in [0.1, 0.15) is 0 Å². The minimum absolute atomic E-state index is 0.0154. The van der Waals surface area contributed by atoms with Crippen LogP contribution in [0.2, 0.25) is 0 Å². The van der Waals surface area contributed by atoms with Gasteiger partial charge >= 0.3 is 0 Å². The molecule has 0 radical (unpaired) electrons. The quantitative estimate of drug-likeness (QED) is 0.778. The van der Waals surface area contributed by atoms with Gasteiger partial charge in [0.15, 0.2) is 0 Å². The Balaban J connectivity index is 2.35. The summed E-state index contributed by atoms with van der Waals surface area (Å²) < 4.78 is 5.94. The largest absolute Gasteiger partial charge is 0.383 e. The highest BCUT2D eigenvalue weighted by Gasteiger charge is 2.08. The summed E-state index contributed by atoms with van der Waals surface area (Å²) in [7, 11) is 3.54.